The van der Waals surface area contributed by atoms with Crippen LogP contribution in [-0.2, 0) is 16.4 Å². The molecule has 1 heterocycles. The Morgan fingerprint density at radius 1 is 1.20 bits per heavy atom. The van der Waals surface area contributed by atoms with E-state index in [2.05, 4.69) is 6.07 Å². The van der Waals surface area contributed by atoms with E-state index in [1.54, 1.807) is 28.6 Å². The van der Waals surface area contributed by atoms with Crippen molar-refractivity contribution in [3.63, 3.8) is 0 Å². The van der Waals surface area contributed by atoms with Crippen molar-refractivity contribution in [1.82, 2.24) is 4.31 Å². The van der Waals surface area contributed by atoms with Crippen LogP contribution in [-0.4, -0.2) is 24.8 Å². The first-order valence-corrected chi connectivity index (χ1v) is 8.40. The first-order valence-electron chi connectivity index (χ1n) is 6.96. The summed E-state index contributed by atoms with van der Waals surface area (Å²) >= 11 is 0. The van der Waals surface area contributed by atoms with Crippen LogP contribution in [0, 0.1) is 11.3 Å². The third-order valence-electron chi connectivity index (χ3n) is 3.89. The van der Waals surface area contributed by atoms with Crippen LogP contribution in [0.3, 0.4) is 0 Å². The van der Waals surface area contributed by atoms with E-state index in [4.69, 9.17) is 5.26 Å². The Balaban J connectivity index is 2.32. The van der Waals surface area contributed by atoms with Crippen molar-refractivity contribution in [1.29, 1.82) is 5.26 Å². The number of hydrogen-bond donors (Lipinski definition) is 0. The molecule has 0 amide bonds. The van der Waals surface area contributed by atoms with Gasteiger partial charge in [-0.25, -0.2) is 8.42 Å². The lowest BCUT2D eigenvalue weighted by atomic mass is 10.0. The van der Waals surface area contributed by atoms with Gasteiger partial charge in [0.15, 0.2) is 0 Å². The van der Waals surface area contributed by atoms with Gasteiger partial charge in [-0.2, -0.15) is 9.57 Å². The zero-order valence-electron chi connectivity index (χ0n) is 11.9. The monoisotopic (exact) mass is 292 g/mol. The van der Waals surface area contributed by atoms with Crippen LogP contribution in [0.1, 0.15) is 38.7 Å². The minimum Gasteiger partial charge on any atom is -0.207 e. The van der Waals surface area contributed by atoms with E-state index in [0.29, 0.717) is 11.3 Å². The van der Waals surface area contributed by atoms with Crippen molar-refractivity contribution in [2.45, 2.75) is 56.5 Å². The second-order valence-electron chi connectivity index (χ2n) is 5.44. The highest BCUT2D eigenvalue weighted by Gasteiger charge is 2.35. The number of hydrogen-bond acceptors (Lipinski definition) is 3. The lowest BCUT2D eigenvalue weighted by molar-refractivity contribution is 0.204. The Bertz CT molecular complexity index is 592. The van der Waals surface area contributed by atoms with Gasteiger partial charge in [-0.1, -0.05) is 18.6 Å². The average Bonchev–Trinajstić information content (AvgIpc) is 2.39. The van der Waals surface area contributed by atoms with Gasteiger partial charge in [0.05, 0.1) is 17.4 Å². The van der Waals surface area contributed by atoms with Gasteiger partial charge in [-0.15, -0.1) is 0 Å². The molecule has 1 aliphatic rings. The molecule has 5 heteroatoms. The van der Waals surface area contributed by atoms with Gasteiger partial charge < -0.3 is 0 Å². The molecular weight excluding hydrogens is 272 g/mol. The summed E-state index contributed by atoms with van der Waals surface area (Å²) in [5, 5.41) is 8.65. The summed E-state index contributed by atoms with van der Waals surface area (Å²) in [5.74, 6) is 0. The lowest BCUT2D eigenvalue weighted by Crippen LogP contribution is -2.47. The number of nitriles is 1. The molecule has 0 aromatic heterocycles. The molecule has 4 nitrogen and oxygen atoms in total. The Morgan fingerprint density at radius 2 is 1.75 bits per heavy atom. The summed E-state index contributed by atoms with van der Waals surface area (Å²) in [7, 11) is -3.44. The van der Waals surface area contributed by atoms with Crippen molar-refractivity contribution in [3.05, 3.63) is 29.8 Å². The molecule has 1 saturated heterocycles. The first kappa shape index (κ1) is 15.0. The molecule has 108 valence electrons. The van der Waals surface area contributed by atoms with Crippen LogP contribution in [0.2, 0.25) is 0 Å². The maximum atomic E-state index is 12.7. The van der Waals surface area contributed by atoms with E-state index in [1.807, 2.05) is 13.8 Å². The summed E-state index contributed by atoms with van der Waals surface area (Å²) in [5.41, 5.74) is 0.839. The van der Waals surface area contributed by atoms with Crippen LogP contribution in [0.25, 0.3) is 0 Å². The van der Waals surface area contributed by atoms with Crippen LogP contribution in [0.15, 0.2) is 29.2 Å². The fourth-order valence-electron chi connectivity index (χ4n) is 2.86. The van der Waals surface area contributed by atoms with Crippen molar-refractivity contribution < 1.29 is 8.42 Å². The van der Waals surface area contributed by atoms with E-state index in [9.17, 15) is 8.42 Å². The van der Waals surface area contributed by atoms with Crippen molar-refractivity contribution in [3.8, 4) is 6.07 Å². The minimum absolute atomic E-state index is 0.0440. The van der Waals surface area contributed by atoms with Crippen LogP contribution in [0.5, 0.6) is 0 Å². The molecule has 0 aliphatic carbocycles. The van der Waals surface area contributed by atoms with E-state index in [0.717, 1.165) is 24.8 Å². The highest BCUT2D eigenvalue weighted by Crippen LogP contribution is 2.29. The predicted octanol–water partition coefficient (Wildman–Crippen LogP) is 2.70. The number of piperidine rings is 1. The topological polar surface area (TPSA) is 61.2 Å². The minimum atomic E-state index is -3.44. The summed E-state index contributed by atoms with van der Waals surface area (Å²) in [6.07, 6.45) is 3.21. The van der Waals surface area contributed by atoms with Crippen molar-refractivity contribution in [2.24, 2.45) is 0 Å². The smallest absolute Gasteiger partial charge is 0.207 e. The zero-order valence-corrected chi connectivity index (χ0v) is 12.7. The zero-order chi connectivity index (χ0) is 14.8. The number of rotatable bonds is 3. The Kier molecular flexibility index (Phi) is 4.46. The lowest BCUT2D eigenvalue weighted by Gasteiger charge is -2.37. The number of benzene rings is 1. The molecule has 1 aromatic carbocycles. The molecule has 1 aromatic rings. The summed E-state index contributed by atoms with van der Waals surface area (Å²) in [6.45, 7) is 3.94. The molecular formula is C15H20N2O2S. The van der Waals surface area contributed by atoms with Gasteiger partial charge in [-0.3, -0.25) is 0 Å². The van der Waals surface area contributed by atoms with E-state index >= 15 is 0 Å². The first-order chi connectivity index (χ1) is 9.46. The largest absolute Gasteiger partial charge is 0.243 e. The van der Waals surface area contributed by atoms with Crippen molar-refractivity contribution in [2.75, 3.05) is 0 Å². The summed E-state index contributed by atoms with van der Waals surface area (Å²) in [6, 6.07) is 8.80. The Hall–Kier alpha value is -1.38. The van der Waals surface area contributed by atoms with E-state index < -0.39 is 10.0 Å². The fraction of sp³-hybridized carbons (Fsp3) is 0.533. The highest BCUT2D eigenvalue weighted by atomic mass is 32.2. The van der Waals surface area contributed by atoms with E-state index in [1.165, 1.54) is 0 Å². The molecule has 0 bridgehead atoms. The maximum Gasteiger partial charge on any atom is 0.243 e. The standard InChI is InChI=1S/C15H20N2O2S/c1-12-4-3-5-13(2)17(12)20(18,19)15-8-6-14(7-9-15)10-11-16/h6-9,12-13H,3-5,10H2,1-2H3. The molecule has 2 rings (SSSR count). The van der Waals surface area contributed by atoms with Crippen molar-refractivity contribution >= 4 is 10.0 Å². The maximum absolute atomic E-state index is 12.7. The Labute approximate surface area is 121 Å². The molecule has 0 spiro atoms. The number of sulfonamides is 1. The molecule has 0 radical (unpaired) electrons. The molecule has 1 fully saturated rings. The van der Waals surface area contributed by atoms with E-state index in [-0.39, 0.29) is 12.1 Å². The molecule has 1 aliphatic heterocycles. The second-order valence-corrected chi connectivity index (χ2v) is 7.29. The van der Waals surface area contributed by atoms with Crippen LogP contribution >= 0.6 is 0 Å². The van der Waals surface area contributed by atoms with Gasteiger partial charge in [0.1, 0.15) is 0 Å². The SMILES string of the molecule is CC1CCCC(C)N1S(=O)(=O)c1ccc(CC#N)cc1. The third kappa shape index (κ3) is 2.87. The summed E-state index contributed by atoms with van der Waals surface area (Å²) < 4.78 is 27.1. The molecule has 20 heavy (non-hydrogen) atoms. The molecule has 0 saturated carbocycles. The third-order valence-corrected chi connectivity index (χ3v) is 6.04. The summed E-state index contributed by atoms with van der Waals surface area (Å²) in [4.78, 5) is 0.319. The van der Waals surface area contributed by atoms with Gasteiger partial charge in [-0.05, 0) is 44.4 Å². The average molecular weight is 292 g/mol. The van der Waals surface area contributed by atoms with Gasteiger partial charge in [0, 0.05) is 12.1 Å². The Morgan fingerprint density at radius 3 is 2.25 bits per heavy atom. The fourth-order valence-corrected chi connectivity index (χ4v) is 4.75. The molecule has 0 N–H and O–H groups in total. The normalized spacial score (nSPS) is 24.2. The van der Waals surface area contributed by atoms with Gasteiger partial charge in [0.25, 0.3) is 0 Å². The predicted molar refractivity (Wildman–Crippen MR) is 77.6 cm³/mol. The van der Waals surface area contributed by atoms with Gasteiger partial charge in [0.2, 0.25) is 10.0 Å². The quantitative estimate of drug-likeness (QED) is 0.860. The number of nitrogens with zero attached hydrogens (tertiary/aromatic N) is 2. The molecule has 2 unspecified atom stereocenters. The van der Waals surface area contributed by atoms with Crippen LogP contribution < -0.4 is 0 Å². The van der Waals surface area contributed by atoms with Gasteiger partial charge >= 0.3 is 0 Å². The van der Waals surface area contributed by atoms with Crippen LogP contribution in [0.4, 0.5) is 0 Å². The second kappa shape index (κ2) is 5.94. The highest BCUT2D eigenvalue weighted by molar-refractivity contribution is 7.89. The molecule has 2 atom stereocenters.